The summed E-state index contributed by atoms with van der Waals surface area (Å²) in [6.45, 7) is -0.217. The highest BCUT2D eigenvalue weighted by molar-refractivity contribution is 7.84. The van der Waals surface area contributed by atoms with E-state index in [2.05, 4.69) is 24.4 Å². The maximum Gasteiger partial charge on any atom is 0.333 e. The van der Waals surface area contributed by atoms with Gasteiger partial charge in [0, 0.05) is 23.2 Å². The number of benzene rings is 1. The molecule has 37 heavy (non-hydrogen) atoms. The lowest BCUT2D eigenvalue weighted by Crippen LogP contribution is -2.24. The first-order valence-corrected chi connectivity index (χ1v) is 14.2. The van der Waals surface area contributed by atoms with Crippen LogP contribution in [-0.4, -0.2) is 67.0 Å². The fourth-order valence-electron chi connectivity index (χ4n) is 4.60. The molecule has 0 saturated heterocycles. The lowest BCUT2D eigenvalue weighted by molar-refractivity contribution is 0.101. The number of thiophene rings is 1. The van der Waals surface area contributed by atoms with E-state index in [-0.39, 0.29) is 24.5 Å². The summed E-state index contributed by atoms with van der Waals surface area (Å²) >= 11 is 7.55. The summed E-state index contributed by atoms with van der Waals surface area (Å²) in [5.74, 6) is -0.305. The van der Waals surface area contributed by atoms with Crippen LogP contribution in [0.15, 0.2) is 48.2 Å². The van der Waals surface area contributed by atoms with Gasteiger partial charge in [0.05, 0.1) is 29.2 Å². The molecule has 10 nitrogen and oxygen atoms in total. The summed E-state index contributed by atoms with van der Waals surface area (Å²) < 4.78 is 26.8. The lowest BCUT2D eigenvalue weighted by Gasteiger charge is -2.24. The first-order chi connectivity index (χ1) is 17.5. The number of aliphatic hydroxyl groups is 1. The maximum absolute atomic E-state index is 13.5. The molecule has 2 aromatic heterocycles. The van der Waals surface area contributed by atoms with Gasteiger partial charge in [-0.2, -0.15) is 8.42 Å². The van der Waals surface area contributed by atoms with E-state index in [0.29, 0.717) is 34.1 Å². The Morgan fingerprint density at radius 1 is 1.32 bits per heavy atom. The Kier molecular flexibility index (Phi) is 8.59. The van der Waals surface area contributed by atoms with Crippen molar-refractivity contribution >= 4 is 44.8 Å². The minimum Gasteiger partial charge on any atom is -0.393 e. The second-order valence-corrected chi connectivity index (χ2v) is 11.8. The molecule has 0 spiro atoms. The Morgan fingerprint density at radius 2 is 2.11 bits per heavy atom. The molecule has 13 heteroatoms. The third kappa shape index (κ3) is 6.90. The molecule has 1 saturated carbocycles. The molecule has 4 atom stereocenters. The molecule has 0 radical (unpaired) electrons. The topological polar surface area (TPSA) is 148 Å². The molecule has 1 aliphatic carbocycles. The Bertz CT molecular complexity index is 1370. The molecule has 4 N–H and O–H groups in total. The molecule has 0 bridgehead atoms. The van der Waals surface area contributed by atoms with Gasteiger partial charge in [-0.25, -0.2) is 15.1 Å². The van der Waals surface area contributed by atoms with Crippen LogP contribution in [0.5, 0.6) is 0 Å². The van der Waals surface area contributed by atoms with Crippen LogP contribution in [0.2, 0.25) is 5.02 Å². The molecule has 1 aliphatic rings. The zero-order valence-corrected chi connectivity index (χ0v) is 22.6. The van der Waals surface area contributed by atoms with Gasteiger partial charge in [0.1, 0.15) is 12.1 Å². The van der Waals surface area contributed by atoms with Gasteiger partial charge in [0.2, 0.25) is 5.78 Å². The minimum atomic E-state index is -4.09. The molecular weight excluding hydrogens is 538 g/mol. The number of ketones is 1. The molecule has 3 aromatic rings. The summed E-state index contributed by atoms with van der Waals surface area (Å²) in [5.41, 5.74) is 2.28. The number of nitrogens with one attached hydrogen (secondary N) is 1. The van der Waals surface area contributed by atoms with E-state index in [0.717, 1.165) is 11.1 Å². The molecule has 4 rings (SSSR count). The highest BCUT2D eigenvalue weighted by Crippen LogP contribution is 2.34. The fourth-order valence-corrected chi connectivity index (χ4v) is 6.04. The molecule has 0 aliphatic heterocycles. The lowest BCUT2D eigenvalue weighted by atomic mass is 9.99. The second kappa shape index (κ2) is 11.5. The summed E-state index contributed by atoms with van der Waals surface area (Å²) in [7, 11) is -0.160. The summed E-state index contributed by atoms with van der Waals surface area (Å²) in [6.07, 6.45) is 2.78. The number of rotatable bonds is 10. The molecule has 1 fully saturated rings. The maximum atomic E-state index is 13.5. The van der Waals surface area contributed by atoms with Gasteiger partial charge in [0.15, 0.2) is 0 Å². The number of aliphatic hydroxyl groups excluding tert-OH is 1. The summed E-state index contributed by atoms with van der Waals surface area (Å²) in [4.78, 5) is 24.4. The molecule has 1 aromatic carbocycles. The molecule has 0 amide bonds. The van der Waals surface area contributed by atoms with Crippen LogP contribution in [0.25, 0.3) is 0 Å². The fraction of sp³-hybridized carbons (Fsp3) is 0.375. The van der Waals surface area contributed by atoms with E-state index >= 15 is 0 Å². The highest BCUT2D eigenvalue weighted by atomic mass is 35.5. The number of aromatic nitrogens is 2. The number of anilines is 1. The standard InChI is InChI=1S/C24H28ClN5O5S2/c1-30(2)22(14-4-3-5-17(25)6-14)16-8-21(36-12-16)23(32)19-10-27-13-28-24(19)29-18-7-15(20(31)9-18)11-35-37(26,33)34/h3-6,8,10,12-13,15,18,20,22,31H,7,9,11H2,1-2H3,(H2,26,33,34)(H,27,28,29)/t15?,18-,20+,22?/m1/s1. The van der Waals surface area contributed by atoms with Gasteiger partial charge >= 0.3 is 10.3 Å². The third-order valence-corrected chi connectivity index (χ3v) is 7.89. The predicted molar refractivity (Wildman–Crippen MR) is 142 cm³/mol. The highest BCUT2D eigenvalue weighted by Gasteiger charge is 2.35. The third-order valence-electron chi connectivity index (χ3n) is 6.24. The van der Waals surface area contributed by atoms with E-state index in [1.807, 2.05) is 49.8 Å². The van der Waals surface area contributed by atoms with Crippen LogP contribution in [0.1, 0.15) is 45.2 Å². The number of hydrogen-bond donors (Lipinski definition) is 3. The van der Waals surface area contributed by atoms with Crippen LogP contribution in [0.3, 0.4) is 0 Å². The van der Waals surface area contributed by atoms with E-state index in [4.69, 9.17) is 16.7 Å². The van der Waals surface area contributed by atoms with Crippen molar-refractivity contribution in [3.63, 3.8) is 0 Å². The number of hydrogen-bond acceptors (Lipinski definition) is 10. The number of halogens is 1. The van der Waals surface area contributed by atoms with Crippen LogP contribution in [0, 0.1) is 5.92 Å². The quantitative estimate of drug-likeness (QED) is 0.315. The second-order valence-electron chi connectivity index (χ2n) is 9.20. The van der Waals surface area contributed by atoms with Crippen molar-refractivity contribution in [3.8, 4) is 0 Å². The van der Waals surface area contributed by atoms with Gasteiger partial charge in [-0.3, -0.25) is 13.9 Å². The van der Waals surface area contributed by atoms with E-state index in [1.54, 1.807) is 0 Å². The van der Waals surface area contributed by atoms with Crippen molar-refractivity contribution in [3.05, 3.63) is 74.8 Å². The van der Waals surface area contributed by atoms with Crippen molar-refractivity contribution in [1.82, 2.24) is 14.9 Å². The number of carbonyl (C=O) groups excluding carboxylic acids is 1. The molecule has 198 valence electrons. The SMILES string of the molecule is CN(C)C(c1cccc(Cl)c1)c1csc(C(=O)c2cncnc2N[C@@H]2CC(COS(N)(=O)=O)[C@@H](O)C2)c1. The van der Waals surface area contributed by atoms with Gasteiger partial charge in [-0.05, 0) is 61.6 Å². The van der Waals surface area contributed by atoms with Gasteiger partial charge in [0.25, 0.3) is 0 Å². The van der Waals surface area contributed by atoms with E-state index in [9.17, 15) is 18.3 Å². The Balaban J connectivity index is 1.51. The van der Waals surface area contributed by atoms with Crippen molar-refractivity contribution in [2.24, 2.45) is 11.1 Å². The van der Waals surface area contributed by atoms with Gasteiger partial charge < -0.3 is 10.4 Å². The zero-order chi connectivity index (χ0) is 26.7. The first-order valence-electron chi connectivity index (χ1n) is 11.5. The predicted octanol–water partition coefficient (Wildman–Crippen LogP) is 2.85. The van der Waals surface area contributed by atoms with Crippen LogP contribution in [0.4, 0.5) is 5.82 Å². The normalized spacial score (nSPS) is 20.8. The molecule has 2 heterocycles. The van der Waals surface area contributed by atoms with Gasteiger partial charge in [-0.1, -0.05) is 23.7 Å². The van der Waals surface area contributed by atoms with Crippen molar-refractivity contribution in [1.29, 1.82) is 0 Å². The molecular formula is C24H28ClN5O5S2. The summed E-state index contributed by atoms with van der Waals surface area (Å²) in [6, 6.07) is 9.17. The summed E-state index contributed by atoms with van der Waals surface area (Å²) in [5, 5.41) is 21.0. The van der Waals surface area contributed by atoms with Crippen molar-refractivity contribution in [2.75, 3.05) is 26.0 Å². The van der Waals surface area contributed by atoms with Crippen LogP contribution < -0.4 is 10.5 Å². The minimum absolute atomic E-state index is 0.0856. The molecule has 2 unspecified atom stereocenters. The van der Waals surface area contributed by atoms with E-state index in [1.165, 1.54) is 23.9 Å². The number of nitrogens with zero attached hydrogens (tertiary/aromatic N) is 3. The number of carbonyl (C=O) groups is 1. The Hall–Kier alpha value is -2.45. The van der Waals surface area contributed by atoms with Crippen LogP contribution in [-0.2, 0) is 14.5 Å². The number of nitrogens with two attached hydrogens (primary N) is 1. The largest absolute Gasteiger partial charge is 0.393 e. The van der Waals surface area contributed by atoms with Crippen molar-refractivity contribution in [2.45, 2.75) is 31.0 Å². The average Bonchev–Trinajstić information content (AvgIpc) is 3.44. The van der Waals surface area contributed by atoms with Crippen molar-refractivity contribution < 1.29 is 22.5 Å². The van der Waals surface area contributed by atoms with E-state index < -0.39 is 22.3 Å². The zero-order valence-electron chi connectivity index (χ0n) is 20.2. The smallest absolute Gasteiger partial charge is 0.333 e. The van der Waals surface area contributed by atoms with Crippen LogP contribution >= 0.6 is 22.9 Å². The van der Waals surface area contributed by atoms with Gasteiger partial charge in [-0.15, -0.1) is 11.3 Å². The first kappa shape index (κ1) is 27.6. The Labute approximate surface area is 224 Å². The average molecular weight is 566 g/mol. The Morgan fingerprint density at radius 3 is 2.81 bits per heavy atom. The monoisotopic (exact) mass is 565 g/mol.